The van der Waals surface area contributed by atoms with Crippen molar-refractivity contribution in [2.75, 3.05) is 18.9 Å². The highest BCUT2D eigenvalue weighted by atomic mass is 16.2. The molecule has 5 heteroatoms. The highest BCUT2D eigenvalue weighted by Gasteiger charge is 2.16. The topological polar surface area (TPSA) is 61.4 Å². The Balaban J connectivity index is 2.48. The Morgan fingerprint density at radius 2 is 1.78 bits per heavy atom. The van der Waals surface area contributed by atoms with Crippen LogP contribution in [0.5, 0.6) is 0 Å². The Morgan fingerprint density at radius 1 is 1.17 bits per heavy atom. The van der Waals surface area contributed by atoms with Crippen LogP contribution in [-0.4, -0.2) is 30.6 Å². The smallest absolute Gasteiger partial charge is 0.329 e. The Morgan fingerprint density at radius 3 is 2.33 bits per heavy atom. The lowest BCUT2D eigenvalue weighted by atomic mass is 10.2. The fourth-order valence-electron chi connectivity index (χ4n) is 1.23. The first kappa shape index (κ1) is 14.0. The number of urea groups is 2. The fourth-order valence-corrected chi connectivity index (χ4v) is 1.23. The Hall–Kier alpha value is -2.04. The summed E-state index contributed by atoms with van der Waals surface area (Å²) >= 11 is 0. The van der Waals surface area contributed by atoms with Gasteiger partial charge in [-0.15, -0.1) is 0 Å². The van der Waals surface area contributed by atoms with Crippen LogP contribution in [0.4, 0.5) is 15.3 Å². The summed E-state index contributed by atoms with van der Waals surface area (Å²) in [5.74, 6) is 0.347. The molecule has 0 fully saturated rings. The standard InChI is InChI=1S/C13H19N3O2/c1-10(2)9-14-12(17)16(3)13(18)15-11-7-5-4-6-8-11/h4-8,10H,9H2,1-3H3,(H,14,17)(H,15,18). The number of carbonyl (C=O) groups excluding carboxylic acids is 2. The van der Waals surface area contributed by atoms with Gasteiger partial charge < -0.3 is 10.6 Å². The van der Waals surface area contributed by atoms with E-state index < -0.39 is 12.1 Å². The van der Waals surface area contributed by atoms with Crippen LogP contribution in [0.2, 0.25) is 0 Å². The second-order valence-electron chi connectivity index (χ2n) is 4.44. The maximum absolute atomic E-state index is 11.8. The quantitative estimate of drug-likeness (QED) is 0.864. The molecule has 4 amide bonds. The van der Waals surface area contributed by atoms with Crippen molar-refractivity contribution in [3.8, 4) is 0 Å². The molecule has 0 aliphatic carbocycles. The number of carbonyl (C=O) groups is 2. The zero-order chi connectivity index (χ0) is 13.5. The molecule has 0 spiro atoms. The number of nitrogens with zero attached hydrogens (tertiary/aromatic N) is 1. The lowest BCUT2D eigenvalue weighted by Gasteiger charge is -2.17. The lowest BCUT2D eigenvalue weighted by Crippen LogP contribution is -2.44. The van der Waals surface area contributed by atoms with Gasteiger partial charge in [-0.1, -0.05) is 32.0 Å². The molecule has 5 nitrogen and oxygen atoms in total. The van der Waals surface area contributed by atoms with Crippen molar-refractivity contribution in [3.63, 3.8) is 0 Å². The molecular weight excluding hydrogens is 230 g/mol. The minimum absolute atomic E-state index is 0.347. The van der Waals surface area contributed by atoms with Crippen molar-refractivity contribution in [1.82, 2.24) is 10.2 Å². The lowest BCUT2D eigenvalue weighted by molar-refractivity contribution is 0.201. The first-order valence-corrected chi connectivity index (χ1v) is 5.88. The van der Waals surface area contributed by atoms with Crippen LogP contribution in [-0.2, 0) is 0 Å². The average molecular weight is 249 g/mol. The molecule has 0 aliphatic heterocycles. The fraction of sp³-hybridized carbons (Fsp3) is 0.385. The Kier molecular flexibility index (Phi) is 5.17. The third-order valence-electron chi connectivity index (χ3n) is 2.30. The number of anilines is 1. The molecule has 0 unspecified atom stereocenters. The average Bonchev–Trinajstić information content (AvgIpc) is 2.36. The molecule has 2 N–H and O–H groups in total. The van der Waals surface area contributed by atoms with Gasteiger partial charge in [0.15, 0.2) is 0 Å². The van der Waals surface area contributed by atoms with E-state index >= 15 is 0 Å². The van der Waals surface area contributed by atoms with E-state index in [1.54, 1.807) is 12.1 Å². The minimum atomic E-state index is -0.456. The van der Waals surface area contributed by atoms with E-state index in [1.807, 2.05) is 32.0 Å². The van der Waals surface area contributed by atoms with Gasteiger partial charge in [0.05, 0.1) is 0 Å². The number of rotatable bonds is 3. The van der Waals surface area contributed by atoms with E-state index in [9.17, 15) is 9.59 Å². The van der Waals surface area contributed by atoms with Gasteiger partial charge in [-0.25, -0.2) is 14.5 Å². The molecule has 0 radical (unpaired) electrons. The molecule has 0 aliphatic rings. The number of hydrogen-bond donors (Lipinski definition) is 2. The van der Waals surface area contributed by atoms with E-state index in [-0.39, 0.29) is 0 Å². The maximum Gasteiger partial charge on any atom is 0.329 e. The first-order valence-electron chi connectivity index (χ1n) is 5.88. The molecule has 0 heterocycles. The van der Waals surface area contributed by atoms with E-state index in [2.05, 4.69) is 10.6 Å². The van der Waals surface area contributed by atoms with Crippen molar-refractivity contribution in [3.05, 3.63) is 30.3 Å². The Bertz CT molecular complexity index is 404. The number of benzene rings is 1. The highest BCUT2D eigenvalue weighted by Crippen LogP contribution is 2.05. The third-order valence-corrected chi connectivity index (χ3v) is 2.30. The largest absolute Gasteiger partial charge is 0.337 e. The van der Waals surface area contributed by atoms with Gasteiger partial charge in [-0.2, -0.15) is 0 Å². The molecule has 18 heavy (non-hydrogen) atoms. The molecule has 98 valence electrons. The molecule has 1 rings (SSSR count). The van der Waals surface area contributed by atoms with Gasteiger partial charge in [-0.05, 0) is 18.1 Å². The molecular formula is C13H19N3O2. The van der Waals surface area contributed by atoms with Crippen LogP contribution in [0.15, 0.2) is 30.3 Å². The van der Waals surface area contributed by atoms with Crippen LogP contribution in [0, 0.1) is 5.92 Å². The molecule has 0 saturated heterocycles. The van der Waals surface area contributed by atoms with Gasteiger partial charge in [-0.3, -0.25) is 0 Å². The molecule has 0 atom stereocenters. The number of para-hydroxylation sites is 1. The molecule has 1 aromatic rings. The number of hydrogen-bond acceptors (Lipinski definition) is 2. The summed E-state index contributed by atoms with van der Waals surface area (Å²) in [7, 11) is 1.44. The molecule has 1 aromatic carbocycles. The zero-order valence-corrected chi connectivity index (χ0v) is 10.9. The summed E-state index contributed by atoms with van der Waals surface area (Å²) in [4.78, 5) is 24.4. The first-order chi connectivity index (χ1) is 8.50. The summed E-state index contributed by atoms with van der Waals surface area (Å²) in [6.07, 6.45) is 0. The second-order valence-corrected chi connectivity index (χ2v) is 4.44. The van der Waals surface area contributed by atoms with Crippen LogP contribution >= 0.6 is 0 Å². The van der Waals surface area contributed by atoms with Gasteiger partial charge in [0.2, 0.25) is 0 Å². The van der Waals surface area contributed by atoms with Crippen molar-refractivity contribution in [2.45, 2.75) is 13.8 Å². The summed E-state index contributed by atoms with van der Waals surface area (Å²) in [5, 5.41) is 5.31. The van der Waals surface area contributed by atoms with Crippen LogP contribution in [0.25, 0.3) is 0 Å². The monoisotopic (exact) mass is 249 g/mol. The molecule has 0 bridgehead atoms. The number of amides is 4. The van der Waals surface area contributed by atoms with Crippen molar-refractivity contribution < 1.29 is 9.59 Å². The van der Waals surface area contributed by atoms with Crippen LogP contribution in [0.1, 0.15) is 13.8 Å². The van der Waals surface area contributed by atoms with E-state index in [1.165, 1.54) is 7.05 Å². The van der Waals surface area contributed by atoms with Crippen molar-refractivity contribution >= 4 is 17.7 Å². The second kappa shape index (κ2) is 6.64. The summed E-state index contributed by atoms with van der Waals surface area (Å²) in [6, 6.07) is 8.15. The normalized spacial score (nSPS) is 10.0. The highest BCUT2D eigenvalue weighted by molar-refractivity contribution is 6.00. The van der Waals surface area contributed by atoms with Gasteiger partial charge in [0.25, 0.3) is 0 Å². The van der Waals surface area contributed by atoms with Crippen molar-refractivity contribution in [1.29, 1.82) is 0 Å². The van der Waals surface area contributed by atoms with E-state index in [0.29, 0.717) is 18.2 Å². The minimum Gasteiger partial charge on any atom is -0.337 e. The summed E-state index contributed by atoms with van der Waals surface area (Å²) in [5.41, 5.74) is 0.658. The third kappa shape index (κ3) is 4.45. The van der Waals surface area contributed by atoms with Crippen molar-refractivity contribution in [2.24, 2.45) is 5.92 Å². The Labute approximate surface area is 107 Å². The SMILES string of the molecule is CC(C)CNC(=O)N(C)C(=O)Nc1ccccc1. The maximum atomic E-state index is 11.8. The van der Waals surface area contributed by atoms with Gasteiger partial charge in [0.1, 0.15) is 0 Å². The van der Waals surface area contributed by atoms with Crippen LogP contribution in [0.3, 0.4) is 0 Å². The molecule has 0 aromatic heterocycles. The van der Waals surface area contributed by atoms with Gasteiger partial charge in [0, 0.05) is 19.3 Å². The number of imide groups is 1. The number of nitrogens with one attached hydrogen (secondary N) is 2. The van der Waals surface area contributed by atoms with E-state index in [4.69, 9.17) is 0 Å². The van der Waals surface area contributed by atoms with Crippen LogP contribution < -0.4 is 10.6 Å². The predicted octanol–water partition coefficient (Wildman–Crippen LogP) is 2.52. The predicted molar refractivity (Wildman–Crippen MR) is 71.5 cm³/mol. The zero-order valence-electron chi connectivity index (χ0n) is 10.9. The van der Waals surface area contributed by atoms with E-state index in [0.717, 1.165) is 4.90 Å². The summed E-state index contributed by atoms with van der Waals surface area (Å²) in [6.45, 7) is 4.52. The van der Waals surface area contributed by atoms with Gasteiger partial charge >= 0.3 is 12.1 Å². The summed E-state index contributed by atoms with van der Waals surface area (Å²) < 4.78 is 0. The molecule has 0 saturated carbocycles.